The number of imidazole rings is 4. The molecular weight excluding hydrogens is 559 g/mol. The second-order valence-electron chi connectivity index (χ2n) is 8.56. The molecule has 0 aromatic carbocycles. The van der Waals surface area contributed by atoms with Gasteiger partial charge in [0.1, 0.15) is 11.6 Å². The zero-order chi connectivity index (χ0) is 21.2. The Morgan fingerprint density at radius 2 is 1.33 bits per heavy atom. The smallest absolute Gasteiger partial charge is 0.440 e. The summed E-state index contributed by atoms with van der Waals surface area (Å²) in [6.07, 6.45) is 12.4. The van der Waals surface area contributed by atoms with Crippen molar-refractivity contribution in [1.29, 1.82) is 0 Å². The molecule has 4 aromatic heterocycles. The van der Waals surface area contributed by atoms with Gasteiger partial charge in [0.05, 0.1) is 0 Å². The number of aromatic nitrogens is 8. The van der Waals surface area contributed by atoms with Crippen molar-refractivity contribution in [2.24, 2.45) is 19.5 Å². The molecule has 0 spiro atoms. The van der Waals surface area contributed by atoms with Crippen LogP contribution in [0.1, 0.15) is 40.3 Å². The molecule has 0 aliphatic heterocycles. The van der Waals surface area contributed by atoms with E-state index in [1.54, 1.807) is 24.8 Å². The predicted octanol–water partition coefficient (Wildman–Crippen LogP) is 3.20. The second-order valence-corrected chi connectivity index (χ2v) is 8.56. The van der Waals surface area contributed by atoms with Crippen LogP contribution in [0.5, 0.6) is 0 Å². The average Bonchev–Trinajstić information content (AvgIpc) is 3.41. The Balaban J connectivity index is 0.000000229. The van der Waals surface area contributed by atoms with E-state index < -0.39 is 0 Å². The Morgan fingerprint density at radius 3 is 1.77 bits per heavy atom. The van der Waals surface area contributed by atoms with Crippen LogP contribution in [-0.2, 0) is 40.6 Å². The third kappa shape index (κ3) is 4.81. The van der Waals surface area contributed by atoms with E-state index >= 15 is 0 Å². The number of rotatable bonds is 3. The number of nitrogens with zero attached hydrogens (tertiary/aromatic N) is 8. The van der Waals surface area contributed by atoms with E-state index in [9.17, 15) is 0 Å². The predicted molar refractivity (Wildman–Crippen MR) is 112 cm³/mol. The van der Waals surface area contributed by atoms with E-state index in [4.69, 9.17) is 0 Å². The fraction of sp³-hybridized carbons (Fsp3) is 0.429. The van der Waals surface area contributed by atoms with Crippen LogP contribution < -0.4 is 9.97 Å². The fourth-order valence-electron chi connectivity index (χ4n) is 2.61. The Kier molecular flexibility index (Phi) is 7.24. The molecule has 0 radical (unpaired) electrons. The van der Waals surface area contributed by atoms with Crippen molar-refractivity contribution in [2.45, 2.75) is 40.0 Å². The molecule has 0 aliphatic rings. The molecule has 0 saturated carbocycles. The van der Waals surface area contributed by atoms with Crippen LogP contribution >= 0.6 is 0 Å². The quantitative estimate of drug-likeness (QED) is 0.366. The van der Waals surface area contributed by atoms with Crippen LogP contribution in [0.2, 0.25) is 0 Å². The van der Waals surface area contributed by atoms with Crippen LogP contribution in [0.3, 0.4) is 0 Å². The zero-order valence-corrected chi connectivity index (χ0v) is 20.7. The SMILES string of the molecule is Cn1ccnc1-c1ncc(C(C)(C)C(C)(C)C)[n-]1.Cn1ccnc1-c1ncc[n-]1.[Pt+2]. The summed E-state index contributed by atoms with van der Waals surface area (Å²) in [4.78, 5) is 25.5. The minimum Gasteiger partial charge on any atom is -0.440 e. The summed E-state index contributed by atoms with van der Waals surface area (Å²) in [5, 5.41) is 0. The first-order valence-electron chi connectivity index (χ1n) is 9.50. The van der Waals surface area contributed by atoms with Gasteiger partial charge in [-0.3, -0.25) is 0 Å². The van der Waals surface area contributed by atoms with Gasteiger partial charge in [0, 0.05) is 38.9 Å². The maximum absolute atomic E-state index is 4.66. The molecular formula is C21H28N8Pt. The van der Waals surface area contributed by atoms with Crippen LogP contribution in [0, 0.1) is 5.41 Å². The normalized spacial score (nSPS) is 11.6. The summed E-state index contributed by atoms with van der Waals surface area (Å²) >= 11 is 0. The second kappa shape index (κ2) is 9.12. The molecule has 4 rings (SSSR count). The van der Waals surface area contributed by atoms with Gasteiger partial charge in [-0.2, -0.15) is 0 Å². The van der Waals surface area contributed by atoms with Crippen molar-refractivity contribution in [2.75, 3.05) is 0 Å². The maximum Gasteiger partial charge on any atom is 2.00 e. The number of hydrogen-bond acceptors (Lipinski definition) is 4. The summed E-state index contributed by atoms with van der Waals surface area (Å²) in [7, 11) is 3.87. The summed E-state index contributed by atoms with van der Waals surface area (Å²) in [6.45, 7) is 11.1. The first-order valence-corrected chi connectivity index (χ1v) is 9.50. The molecule has 162 valence electrons. The van der Waals surface area contributed by atoms with Crippen molar-refractivity contribution >= 4 is 0 Å². The summed E-state index contributed by atoms with van der Waals surface area (Å²) in [5.74, 6) is 2.99. The van der Waals surface area contributed by atoms with E-state index in [1.165, 1.54) is 0 Å². The Morgan fingerprint density at radius 1 is 0.767 bits per heavy atom. The van der Waals surface area contributed by atoms with Gasteiger partial charge in [-0.15, -0.1) is 0 Å². The summed E-state index contributed by atoms with van der Waals surface area (Å²) in [5.41, 5.74) is 1.13. The first kappa shape index (κ1) is 23.8. The van der Waals surface area contributed by atoms with Crippen molar-refractivity contribution < 1.29 is 21.1 Å². The van der Waals surface area contributed by atoms with Crippen LogP contribution in [-0.4, -0.2) is 29.1 Å². The zero-order valence-electron chi connectivity index (χ0n) is 18.4. The van der Waals surface area contributed by atoms with Crippen LogP contribution in [0.25, 0.3) is 23.3 Å². The molecule has 0 unspecified atom stereocenters. The maximum atomic E-state index is 4.66. The van der Waals surface area contributed by atoms with Gasteiger partial charge >= 0.3 is 21.1 Å². The molecule has 4 heterocycles. The van der Waals surface area contributed by atoms with Gasteiger partial charge < -0.3 is 29.1 Å². The van der Waals surface area contributed by atoms with Gasteiger partial charge in [0.15, 0.2) is 0 Å². The minimum atomic E-state index is -0.0244. The largest absolute Gasteiger partial charge is 2.00 e. The van der Waals surface area contributed by atoms with Crippen molar-refractivity contribution in [1.82, 2.24) is 39.0 Å². The standard InChI is InChI=1S/C14H21N4.C7H7N4.Pt/c1-13(2,3)14(4,5)10-9-16-11(17-10)12-15-7-8-18(12)6;1-11-5-4-10-7(11)6-8-2-3-9-6;/h7-9H,1-6H3;2-5H,1H3;/q2*-1;+2. The van der Waals surface area contributed by atoms with E-state index in [0.717, 1.165) is 17.3 Å². The fourth-order valence-corrected chi connectivity index (χ4v) is 2.61. The molecule has 0 aliphatic carbocycles. The van der Waals surface area contributed by atoms with E-state index in [2.05, 4.69) is 64.5 Å². The first-order chi connectivity index (χ1) is 13.6. The van der Waals surface area contributed by atoms with Gasteiger partial charge in [-0.25, -0.2) is 9.97 Å². The molecule has 0 N–H and O–H groups in total. The third-order valence-corrected chi connectivity index (χ3v) is 5.55. The Bertz CT molecular complexity index is 1050. The summed E-state index contributed by atoms with van der Waals surface area (Å²) in [6, 6.07) is 0. The average molecular weight is 588 g/mol. The van der Waals surface area contributed by atoms with Gasteiger partial charge in [0.2, 0.25) is 0 Å². The molecule has 0 fully saturated rings. The van der Waals surface area contributed by atoms with Gasteiger partial charge in [-0.1, -0.05) is 58.9 Å². The van der Waals surface area contributed by atoms with Gasteiger partial charge in [-0.05, 0) is 22.5 Å². The van der Waals surface area contributed by atoms with E-state index in [-0.39, 0.29) is 31.9 Å². The van der Waals surface area contributed by atoms with Gasteiger partial charge in [0.25, 0.3) is 0 Å². The molecule has 30 heavy (non-hydrogen) atoms. The molecule has 4 aromatic rings. The molecule has 0 amide bonds. The number of aryl methyl sites for hydroxylation is 2. The van der Waals surface area contributed by atoms with E-state index in [1.807, 2.05) is 41.8 Å². The Hall–Kier alpha value is -2.47. The molecule has 0 bridgehead atoms. The van der Waals surface area contributed by atoms with Crippen molar-refractivity contribution in [3.05, 3.63) is 49.1 Å². The molecule has 0 atom stereocenters. The number of hydrogen-bond donors (Lipinski definition) is 0. The van der Waals surface area contributed by atoms with Crippen LogP contribution in [0.15, 0.2) is 43.4 Å². The molecule has 0 saturated heterocycles. The summed E-state index contributed by atoms with van der Waals surface area (Å²) < 4.78 is 3.82. The molecule has 8 nitrogen and oxygen atoms in total. The van der Waals surface area contributed by atoms with Crippen molar-refractivity contribution in [3.8, 4) is 23.3 Å². The monoisotopic (exact) mass is 587 g/mol. The third-order valence-electron chi connectivity index (χ3n) is 5.55. The van der Waals surface area contributed by atoms with Crippen LogP contribution in [0.4, 0.5) is 0 Å². The Labute approximate surface area is 191 Å². The topological polar surface area (TPSA) is 89.6 Å². The van der Waals surface area contributed by atoms with Crippen molar-refractivity contribution in [3.63, 3.8) is 0 Å². The van der Waals surface area contributed by atoms with E-state index in [0.29, 0.717) is 11.6 Å². The molecule has 9 heteroatoms. The minimum absolute atomic E-state index is 0.